The third-order valence-electron chi connectivity index (χ3n) is 3.62. The standard InChI is InChI=1S/C18H14FN3O3/c19-14-3-1-2-13(18(24)25)17(14)22-16(23)9-12-6-4-10-8-11(20)5-7-15(10)21-12/h1-8H,9,20H2,(H,22,23)(H,24,25). The first-order valence-electron chi connectivity index (χ1n) is 7.41. The van der Waals surface area contributed by atoms with Gasteiger partial charge in [-0.15, -0.1) is 0 Å². The molecule has 0 bridgehead atoms. The van der Waals surface area contributed by atoms with Gasteiger partial charge in [0, 0.05) is 11.1 Å². The number of pyridine rings is 1. The second kappa shape index (κ2) is 6.56. The van der Waals surface area contributed by atoms with Gasteiger partial charge in [0.25, 0.3) is 0 Å². The first kappa shape index (κ1) is 16.4. The molecule has 0 spiro atoms. The molecular weight excluding hydrogens is 325 g/mol. The number of hydrogen-bond acceptors (Lipinski definition) is 4. The van der Waals surface area contributed by atoms with E-state index in [0.717, 1.165) is 11.5 Å². The maximum absolute atomic E-state index is 13.9. The third-order valence-corrected chi connectivity index (χ3v) is 3.62. The number of rotatable bonds is 4. The lowest BCUT2D eigenvalue weighted by atomic mass is 10.1. The zero-order valence-electron chi connectivity index (χ0n) is 13.0. The number of halogens is 1. The number of carbonyl (C=O) groups excluding carboxylic acids is 1. The topological polar surface area (TPSA) is 105 Å². The zero-order valence-corrected chi connectivity index (χ0v) is 13.0. The van der Waals surface area contributed by atoms with Crippen molar-refractivity contribution in [2.24, 2.45) is 0 Å². The Morgan fingerprint density at radius 1 is 1.16 bits per heavy atom. The number of hydrogen-bond donors (Lipinski definition) is 3. The van der Waals surface area contributed by atoms with Gasteiger partial charge in [-0.3, -0.25) is 9.78 Å². The number of aromatic nitrogens is 1. The number of para-hydroxylation sites is 1. The van der Waals surface area contributed by atoms with E-state index in [1.54, 1.807) is 30.3 Å². The van der Waals surface area contributed by atoms with Crippen molar-refractivity contribution in [3.8, 4) is 0 Å². The molecular formula is C18H14FN3O3. The van der Waals surface area contributed by atoms with E-state index in [2.05, 4.69) is 10.3 Å². The van der Waals surface area contributed by atoms with Crippen LogP contribution in [0.5, 0.6) is 0 Å². The van der Waals surface area contributed by atoms with Crippen LogP contribution in [0.3, 0.4) is 0 Å². The van der Waals surface area contributed by atoms with Gasteiger partial charge in [0.1, 0.15) is 5.82 Å². The Morgan fingerprint density at radius 2 is 1.96 bits per heavy atom. The second-order valence-corrected chi connectivity index (χ2v) is 5.45. The lowest BCUT2D eigenvalue weighted by molar-refractivity contribution is -0.115. The molecule has 0 aliphatic rings. The minimum atomic E-state index is -1.32. The van der Waals surface area contributed by atoms with Crippen molar-refractivity contribution in [2.75, 3.05) is 11.1 Å². The number of carboxylic acids is 1. The molecule has 0 aliphatic heterocycles. The molecule has 1 amide bonds. The van der Waals surface area contributed by atoms with Crippen LogP contribution in [0, 0.1) is 5.82 Å². The SMILES string of the molecule is Nc1ccc2nc(CC(=O)Nc3c(F)cccc3C(=O)O)ccc2c1. The first-order chi connectivity index (χ1) is 11.9. The fraction of sp³-hybridized carbons (Fsp3) is 0.0556. The number of nitrogens with zero attached hydrogens (tertiary/aromatic N) is 1. The highest BCUT2D eigenvalue weighted by Gasteiger charge is 2.17. The van der Waals surface area contributed by atoms with E-state index >= 15 is 0 Å². The van der Waals surface area contributed by atoms with Gasteiger partial charge in [-0.1, -0.05) is 12.1 Å². The van der Waals surface area contributed by atoms with Gasteiger partial charge in [-0.25, -0.2) is 9.18 Å². The number of fused-ring (bicyclic) bond motifs is 1. The number of anilines is 2. The molecule has 0 radical (unpaired) electrons. The number of carbonyl (C=O) groups is 2. The van der Waals surface area contributed by atoms with E-state index in [1.807, 2.05) is 0 Å². The average Bonchev–Trinajstić information content (AvgIpc) is 2.56. The molecule has 6 nitrogen and oxygen atoms in total. The first-order valence-corrected chi connectivity index (χ1v) is 7.41. The van der Waals surface area contributed by atoms with Crippen LogP contribution in [0.25, 0.3) is 10.9 Å². The van der Waals surface area contributed by atoms with Crippen LogP contribution in [-0.4, -0.2) is 22.0 Å². The Balaban J connectivity index is 1.82. The molecule has 1 heterocycles. The van der Waals surface area contributed by atoms with E-state index in [-0.39, 0.29) is 17.7 Å². The van der Waals surface area contributed by atoms with Crippen LogP contribution in [0.1, 0.15) is 16.1 Å². The smallest absolute Gasteiger partial charge is 0.337 e. The van der Waals surface area contributed by atoms with Crippen LogP contribution in [0.4, 0.5) is 15.8 Å². The van der Waals surface area contributed by atoms with E-state index in [1.165, 1.54) is 12.1 Å². The van der Waals surface area contributed by atoms with E-state index < -0.39 is 17.7 Å². The van der Waals surface area contributed by atoms with E-state index in [9.17, 15) is 14.0 Å². The average molecular weight is 339 g/mol. The van der Waals surface area contributed by atoms with Crippen LogP contribution in [0.15, 0.2) is 48.5 Å². The number of carboxylic acid groups (broad SMARTS) is 1. The number of nitrogens with one attached hydrogen (secondary N) is 1. The van der Waals surface area contributed by atoms with Gasteiger partial charge < -0.3 is 16.2 Å². The number of aromatic carboxylic acids is 1. The Bertz CT molecular complexity index is 988. The predicted molar refractivity (Wildman–Crippen MR) is 91.8 cm³/mol. The minimum Gasteiger partial charge on any atom is -0.478 e. The van der Waals surface area contributed by atoms with E-state index in [0.29, 0.717) is 16.9 Å². The Kier molecular flexibility index (Phi) is 4.30. The lowest BCUT2D eigenvalue weighted by Gasteiger charge is -2.09. The Hall–Kier alpha value is -3.48. The van der Waals surface area contributed by atoms with Crippen LogP contribution >= 0.6 is 0 Å². The highest BCUT2D eigenvalue weighted by atomic mass is 19.1. The molecule has 25 heavy (non-hydrogen) atoms. The molecule has 0 saturated carbocycles. The molecule has 4 N–H and O–H groups in total. The molecule has 1 aromatic heterocycles. The lowest BCUT2D eigenvalue weighted by Crippen LogP contribution is -2.18. The van der Waals surface area contributed by atoms with Crippen molar-refractivity contribution in [1.29, 1.82) is 0 Å². The number of nitrogen functional groups attached to an aromatic ring is 1. The third kappa shape index (κ3) is 3.55. The summed E-state index contributed by atoms with van der Waals surface area (Å²) in [6.07, 6.45) is -0.117. The summed E-state index contributed by atoms with van der Waals surface area (Å²) in [4.78, 5) is 27.7. The van der Waals surface area contributed by atoms with Crippen molar-refractivity contribution in [1.82, 2.24) is 4.98 Å². The van der Waals surface area contributed by atoms with Gasteiger partial charge in [0.05, 0.1) is 28.9 Å². The van der Waals surface area contributed by atoms with Crippen LogP contribution < -0.4 is 11.1 Å². The summed E-state index contributed by atoms with van der Waals surface area (Å²) in [5.41, 5.74) is 6.81. The maximum atomic E-state index is 13.9. The quantitative estimate of drug-likeness (QED) is 0.634. The Labute approximate surface area is 142 Å². The summed E-state index contributed by atoms with van der Waals surface area (Å²) >= 11 is 0. The normalized spacial score (nSPS) is 10.6. The second-order valence-electron chi connectivity index (χ2n) is 5.45. The molecule has 3 aromatic rings. The molecule has 0 aliphatic carbocycles. The van der Waals surface area contributed by atoms with E-state index in [4.69, 9.17) is 10.8 Å². The minimum absolute atomic E-state index is 0.117. The predicted octanol–water partition coefficient (Wildman–Crippen LogP) is 2.84. The highest BCUT2D eigenvalue weighted by molar-refractivity contribution is 6.01. The molecule has 7 heteroatoms. The fourth-order valence-corrected chi connectivity index (χ4v) is 2.46. The molecule has 0 unspecified atom stereocenters. The summed E-state index contributed by atoms with van der Waals surface area (Å²) in [6.45, 7) is 0. The van der Waals surface area contributed by atoms with Crippen LogP contribution in [0.2, 0.25) is 0 Å². The maximum Gasteiger partial charge on any atom is 0.337 e. The summed E-state index contributed by atoms with van der Waals surface area (Å²) in [5, 5.41) is 12.2. The van der Waals surface area contributed by atoms with Crippen LogP contribution in [-0.2, 0) is 11.2 Å². The number of nitrogens with two attached hydrogens (primary N) is 1. The number of benzene rings is 2. The van der Waals surface area contributed by atoms with Gasteiger partial charge in [-0.05, 0) is 36.4 Å². The van der Waals surface area contributed by atoms with Gasteiger partial charge in [0.2, 0.25) is 5.91 Å². The molecule has 3 rings (SSSR count). The van der Waals surface area contributed by atoms with Crippen molar-refractivity contribution < 1.29 is 19.1 Å². The molecule has 0 atom stereocenters. The molecule has 0 fully saturated rings. The molecule has 2 aromatic carbocycles. The Morgan fingerprint density at radius 3 is 2.72 bits per heavy atom. The van der Waals surface area contributed by atoms with Gasteiger partial charge >= 0.3 is 5.97 Å². The zero-order chi connectivity index (χ0) is 18.0. The van der Waals surface area contributed by atoms with Gasteiger partial charge in [-0.2, -0.15) is 0 Å². The van der Waals surface area contributed by atoms with Gasteiger partial charge in [0.15, 0.2) is 0 Å². The largest absolute Gasteiger partial charge is 0.478 e. The summed E-state index contributed by atoms with van der Waals surface area (Å²) < 4.78 is 13.9. The molecule has 0 saturated heterocycles. The monoisotopic (exact) mass is 339 g/mol. The van der Waals surface area contributed by atoms with Crippen molar-refractivity contribution >= 4 is 34.2 Å². The fourth-order valence-electron chi connectivity index (χ4n) is 2.46. The number of amides is 1. The summed E-state index contributed by atoms with van der Waals surface area (Å²) in [6, 6.07) is 12.2. The summed E-state index contributed by atoms with van der Waals surface area (Å²) in [7, 11) is 0. The molecule has 126 valence electrons. The van der Waals surface area contributed by atoms with Crippen molar-refractivity contribution in [3.05, 3.63) is 65.6 Å². The highest BCUT2D eigenvalue weighted by Crippen LogP contribution is 2.21. The summed E-state index contributed by atoms with van der Waals surface area (Å²) in [5.74, 6) is -2.69. The van der Waals surface area contributed by atoms with Crippen molar-refractivity contribution in [3.63, 3.8) is 0 Å². The van der Waals surface area contributed by atoms with Crippen molar-refractivity contribution in [2.45, 2.75) is 6.42 Å².